The second kappa shape index (κ2) is 17.0. The fourth-order valence-corrected chi connectivity index (χ4v) is 4.31. The van der Waals surface area contributed by atoms with Crippen molar-refractivity contribution in [1.82, 2.24) is 0 Å². The minimum absolute atomic E-state index is 0.340. The number of rotatable bonds is 18. The third kappa shape index (κ3) is 10.5. The number of hydrogen-bond acceptors (Lipinski definition) is 4. The van der Waals surface area contributed by atoms with Crippen molar-refractivity contribution in [2.24, 2.45) is 5.41 Å². The van der Waals surface area contributed by atoms with Crippen molar-refractivity contribution in [2.45, 2.75) is 118 Å². The van der Waals surface area contributed by atoms with Gasteiger partial charge < -0.3 is 9.47 Å². The minimum Gasteiger partial charge on any atom is -0.465 e. The molecule has 188 valence electrons. The largest absolute Gasteiger partial charge is 0.465 e. The molecule has 0 atom stereocenters. The van der Waals surface area contributed by atoms with Crippen molar-refractivity contribution < 1.29 is 19.1 Å². The zero-order chi connectivity index (χ0) is 24.5. The Morgan fingerprint density at radius 3 is 1.79 bits per heavy atom. The van der Waals surface area contributed by atoms with Gasteiger partial charge in [-0.05, 0) is 49.9 Å². The van der Waals surface area contributed by atoms with Crippen LogP contribution in [0.5, 0.6) is 5.75 Å². The molecule has 0 radical (unpaired) electrons. The van der Waals surface area contributed by atoms with Gasteiger partial charge in [0.25, 0.3) is 0 Å². The van der Waals surface area contributed by atoms with E-state index in [2.05, 4.69) is 6.92 Å². The Bertz CT molecular complexity index is 697. The predicted molar refractivity (Wildman–Crippen MR) is 137 cm³/mol. The maximum absolute atomic E-state index is 13.0. The second-order valence-electron chi connectivity index (χ2n) is 9.11. The van der Waals surface area contributed by atoms with Crippen molar-refractivity contribution in [2.75, 3.05) is 6.61 Å². The molecule has 0 aliphatic heterocycles. The zero-order valence-corrected chi connectivity index (χ0v) is 22.1. The van der Waals surface area contributed by atoms with Gasteiger partial charge in [-0.2, -0.15) is 0 Å². The fraction of sp³-hybridized carbons (Fsp3) is 0.714. The normalized spacial score (nSPS) is 11.4. The van der Waals surface area contributed by atoms with Gasteiger partial charge in [0.2, 0.25) is 0 Å². The Labute approximate surface area is 206 Å². The van der Waals surface area contributed by atoms with Crippen LogP contribution in [0.25, 0.3) is 0 Å². The average Bonchev–Trinajstić information content (AvgIpc) is 2.80. The Balaban J connectivity index is 2.32. The van der Waals surface area contributed by atoms with Crippen LogP contribution < -0.4 is 4.74 Å². The SMILES string of the molecule is CCCCCCCCCCCCCCOC(=O)C(CC)(CC)C(=O)Oc1ccc(Cl)cc1C. The molecule has 0 aliphatic carbocycles. The van der Waals surface area contributed by atoms with Crippen LogP contribution in [0.2, 0.25) is 5.02 Å². The predicted octanol–water partition coefficient (Wildman–Crippen LogP) is 8.60. The van der Waals surface area contributed by atoms with Crippen LogP contribution in [0.15, 0.2) is 18.2 Å². The van der Waals surface area contributed by atoms with Crippen molar-refractivity contribution in [3.8, 4) is 5.75 Å². The summed E-state index contributed by atoms with van der Waals surface area (Å²) < 4.78 is 11.1. The lowest BCUT2D eigenvalue weighted by Crippen LogP contribution is -2.42. The molecule has 0 N–H and O–H groups in total. The van der Waals surface area contributed by atoms with Crippen LogP contribution in [0, 0.1) is 12.3 Å². The first-order valence-corrected chi connectivity index (χ1v) is 13.4. The number of carbonyl (C=O) groups excluding carboxylic acids is 2. The number of esters is 2. The van der Waals surface area contributed by atoms with Crippen molar-refractivity contribution in [3.63, 3.8) is 0 Å². The van der Waals surface area contributed by atoms with E-state index >= 15 is 0 Å². The zero-order valence-electron chi connectivity index (χ0n) is 21.3. The third-order valence-corrected chi connectivity index (χ3v) is 6.79. The van der Waals surface area contributed by atoms with E-state index in [0.717, 1.165) is 24.8 Å². The van der Waals surface area contributed by atoms with Crippen LogP contribution in [0.3, 0.4) is 0 Å². The van der Waals surface area contributed by atoms with Gasteiger partial charge in [0.05, 0.1) is 6.61 Å². The van der Waals surface area contributed by atoms with E-state index in [4.69, 9.17) is 21.1 Å². The molecule has 0 bridgehead atoms. The quantitative estimate of drug-likeness (QED) is 0.0912. The first-order valence-electron chi connectivity index (χ1n) is 13.1. The van der Waals surface area contributed by atoms with Gasteiger partial charge >= 0.3 is 11.9 Å². The molecule has 4 nitrogen and oxygen atoms in total. The molecule has 0 aliphatic rings. The van der Waals surface area contributed by atoms with Crippen molar-refractivity contribution in [3.05, 3.63) is 28.8 Å². The number of benzene rings is 1. The van der Waals surface area contributed by atoms with E-state index in [0.29, 0.717) is 30.2 Å². The maximum atomic E-state index is 13.0. The van der Waals surface area contributed by atoms with Gasteiger partial charge in [0, 0.05) is 5.02 Å². The van der Waals surface area contributed by atoms with Gasteiger partial charge in [-0.15, -0.1) is 0 Å². The van der Waals surface area contributed by atoms with E-state index in [9.17, 15) is 9.59 Å². The van der Waals surface area contributed by atoms with Crippen molar-refractivity contribution >= 4 is 23.5 Å². The summed E-state index contributed by atoms with van der Waals surface area (Å²) in [6.45, 7) is 8.07. The van der Waals surface area contributed by atoms with Gasteiger partial charge in [-0.1, -0.05) is 103 Å². The Morgan fingerprint density at radius 1 is 0.788 bits per heavy atom. The van der Waals surface area contributed by atoms with E-state index in [1.807, 2.05) is 20.8 Å². The molecular formula is C28H45ClO4. The van der Waals surface area contributed by atoms with Gasteiger partial charge in [0.15, 0.2) is 5.41 Å². The first-order chi connectivity index (χ1) is 15.9. The summed E-state index contributed by atoms with van der Waals surface area (Å²) in [6, 6.07) is 5.06. The molecule has 0 fully saturated rings. The van der Waals surface area contributed by atoms with Crippen LogP contribution in [-0.2, 0) is 14.3 Å². The highest BCUT2D eigenvalue weighted by Gasteiger charge is 2.46. The van der Waals surface area contributed by atoms with Gasteiger partial charge in [-0.3, -0.25) is 9.59 Å². The highest BCUT2D eigenvalue weighted by Crippen LogP contribution is 2.32. The minimum atomic E-state index is -1.27. The number of halogens is 1. The standard InChI is InChI=1S/C28H45ClO4/c1-5-8-9-10-11-12-13-14-15-16-17-18-21-32-26(30)28(6-2,7-3)27(31)33-25-20-19-24(29)22-23(25)4/h19-20,22H,5-18,21H2,1-4H3. The molecule has 0 unspecified atom stereocenters. The van der Waals surface area contributed by atoms with Gasteiger partial charge in [-0.25, -0.2) is 0 Å². The summed E-state index contributed by atoms with van der Waals surface area (Å²) in [7, 11) is 0. The molecule has 1 aromatic carbocycles. The molecule has 33 heavy (non-hydrogen) atoms. The molecule has 0 saturated carbocycles. The molecule has 0 aromatic heterocycles. The van der Waals surface area contributed by atoms with Crippen LogP contribution >= 0.6 is 11.6 Å². The Hall–Kier alpha value is -1.55. The highest BCUT2D eigenvalue weighted by molar-refractivity contribution is 6.30. The maximum Gasteiger partial charge on any atom is 0.328 e. The molecule has 0 saturated heterocycles. The summed E-state index contributed by atoms with van der Waals surface area (Å²) in [5.74, 6) is -0.616. The van der Waals surface area contributed by atoms with Crippen LogP contribution in [0.4, 0.5) is 0 Å². The molecule has 0 spiro atoms. The second-order valence-corrected chi connectivity index (χ2v) is 9.55. The topological polar surface area (TPSA) is 52.6 Å². The smallest absolute Gasteiger partial charge is 0.328 e. The number of hydrogen-bond donors (Lipinski definition) is 0. The average molecular weight is 481 g/mol. The number of ether oxygens (including phenoxy) is 2. The van der Waals surface area contributed by atoms with Crippen LogP contribution in [0.1, 0.15) is 116 Å². The lowest BCUT2D eigenvalue weighted by Gasteiger charge is -2.27. The Kier molecular flexibility index (Phi) is 15.2. The lowest BCUT2D eigenvalue weighted by atomic mass is 9.82. The number of carbonyl (C=O) groups is 2. The van der Waals surface area contributed by atoms with E-state index in [-0.39, 0.29) is 0 Å². The monoisotopic (exact) mass is 480 g/mol. The molecular weight excluding hydrogens is 436 g/mol. The first kappa shape index (κ1) is 29.5. The molecule has 0 amide bonds. The molecule has 5 heteroatoms. The molecule has 1 rings (SSSR count). The Morgan fingerprint density at radius 2 is 1.30 bits per heavy atom. The summed E-state index contributed by atoms with van der Waals surface area (Å²) >= 11 is 5.98. The fourth-order valence-electron chi connectivity index (χ4n) is 4.08. The van der Waals surface area contributed by atoms with E-state index < -0.39 is 17.4 Å². The summed E-state index contributed by atoms with van der Waals surface area (Å²) in [5, 5.41) is 0.575. The molecule has 1 aromatic rings. The highest BCUT2D eigenvalue weighted by atomic mass is 35.5. The lowest BCUT2D eigenvalue weighted by molar-refractivity contribution is -0.168. The van der Waals surface area contributed by atoms with E-state index in [1.54, 1.807) is 18.2 Å². The van der Waals surface area contributed by atoms with E-state index in [1.165, 1.54) is 57.8 Å². The number of unbranched alkanes of at least 4 members (excludes halogenated alkanes) is 11. The molecule has 0 heterocycles. The summed E-state index contributed by atoms with van der Waals surface area (Å²) in [6.07, 6.45) is 15.7. The van der Waals surface area contributed by atoms with Crippen molar-refractivity contribution in [1.29, 1.82) is 0 Å². The summed E-state index contributed by atoms with van der Waals surface area (Å²) in [5.41, 5.74) is -0.523. The number of aryl methyl sites for hydroxylation is 1. The third-order valence-electron chi connectivity index (χ3n) is 6.56. The van der Waals surface area contributed by atoms with Crippen LogP contribution in [-0.4, -0.2) is 18.5 Å². The summed E-state index contributed by atoms with van der Waals surface area (Å²) in [4.78, 5) is 25.8. The van der Waals surface area contributed by atoms with Gasteiger partial charge in [0.1, 0.15) is 5.75 Å².